The number of aromatic nitrogens is 4. The topological polar surface area (TPSA) is 104 Å². The van der Waals surface area contributed by atoms with Gasteiger partial charge in [0.15, 0.2) is 0 Å². The highest BCUT2D eigenvalue weighted by atomic mass is 16.2. The van der Waals surface area contributed by atoms with Crippen LogP contribution in [0.15, 0.2) is 54.1 Å². The van der Waals surface area contributed by atoms with Gasteiger partial charge < -0.3 is 10.4 Å². The second-order valence-corrected chi connectivity index (χ2v) is 7.80. The molecule has 4 aromatic rings. The van der Waals surface area contributed by atoms with E-state index >= 15 is 0 Å². The van der Waals surface area contributed by atoms with Crippen LogP contribution in [0.25, 0.3) is 27.5 Å². The summed E-state index contributed by atoms with van der Waals surface area (Å²) >= 11 is 0. The molecule has 1 aliphatic carbocycles. The van der Waals surface area contributed by atoms with Crippen LogP contribution in [0.2, 0.25) is 0 Å². The molecule has 0 fully saturated rings. The van der Waals surface area contributed by atoms with E-state index < -0.39 is 0 Å². The Labute approximate surface area is 178 Å². The molecule has 0 saturated heterocycles. The van der Waals surface area contributed by atoms with E-state index in [1.165, 1.54) is 0 Å². The number of benzene rings is 2. The monoisotopic (exact) mass is 411 g/mol. The van der Waals surface area contributed by atoms with E-state index in [0.717, 1.165) is 46.1 Å². The molecule has 154 valence electrons. The predicted molar refractivity (Wildman–Crippen MR) is 119 cm³/mol. The minimum atomic E-state index is -0.300. The molecule has 1 aliphatic rings. The van der Waals surface area contributed by atoms with Crippen LogP contribution >= 0.6 is 0 Å². The fraction of sp³-hybridized carbons (Fsp3) is 0.208. The molecule has 0 spiro atoms. The Morgan fingerprint density at radius 2 is 1.87 bits per heavy atom. The minimum absolute atomic E-state index is 0.144. The van der Waals surface area contributed by atoms with Gasteiger partial charge in [0.05, 0.1) is 28.3 Å². The second kappa shape index (κ2) is 7.70. The van der Waals surface area contributed by atoms with Crippen molar-refractivity contribution in [3.63, 3.8) is 0 Å². The van der Waals surface area contributed by atoms with Gasteiger partial charge in [0.1, 0.15) is 5.94 Å². The molecule has 0 saturated carbocycles. The van der Waals surface area contributed by atoms with Crippen LogP contribution < -0.4 is 5.32 Å². The number of amides is 1. The van der Waals surface area contributed by atoms with Gasteiger partial charge in [-0.2, -0.15) is 0 Å². The van der Waals surface area contributed by atoms with Crippen LogP contribution in [0.5, 0.6) is 0 Å². The van der Waals surface area contributed by atoms with Crippen LogP contribution in [0, 0.1) is 0 Å². The molecule has 1 atom stereocenters. The van der Waals surface area contributed by atoms with Crippen molar-refractivity contribution in [1.82, 2.24) is 25.5 Å². The first-order chi connectivity index (χ1) is 15.1. The summed E-state index contributed by atoms with van der Waals surface area (Å²) in [5.41, 5.74) is 6.18. The molecule has 0 bridgehead atoms. The number of rotatable bonds is 4. The van der Waals surface area contributed by atoms with Gasteiger partial charge in [-0.15, -0.1) is 0 Å². The van der Waals surface area contributed by atoms with E-state index in [9.17, 15) is 9.59 Å². The zero-order valence-electron chi connectivity index (χ0n) is 17.0. The molecule has 1 amide bonds. The number of imidazole rings is 1. The number of hydrogen-bond donors (Lipinski definition) is 3. The maximum Gasteiger partial charge on any atom is 0.289 e. The number of aromatic amines is 2. The molecular formula is C24H21N5O2. The molecule has 0 aliphatic heterocycles. The van der Waals surface area contributed by atoms with Crippen LogP contribution in [0.3, 0.4) is 0 Å². The fourth-order valence-electron chi connectivity index (χ4n) is 4.01. The minimum Gasteiger partial charge on any atom is -0.343 e. The number of nitrogens with zero attached hydrogens (tertiary/aromatic N) is 2. The van der Waals surface area contributed by atoms with Gasteiger partial charge in [0, 0.05) is 11.0 Å². The lowest BCUT2D eigenvalue weighted by Gasteiger charge is -2.12. The summed E-state index contributed by atoms with van der Waals surface area (Å²) in [6, 6.07) is 13.5. The Bertz CT molecular complexity index is 1370. The molecule has 7 heteroatoms. The molecule has 2 heterocycles. The lowest BCUT2D eigenvalue weighted by Crippen LogP contribution is -2.27. The number of carbonyl (C=O) groups excluding carboxylic acids is 2. The quantitative estimate of drug-likeness (QED) is 0.437. The van der Waals surface area contributed by atoms with Crippen molar-refractivity contribution in [3.8, 4) is 0 Å². The molecular weight excluding hydrogens is 390 g/mol. The van der Waals surface area contributed by atoms with Gasteiger partial charge in [-0.1, -0.05) is 36.4 Å². The van der Waals surface area contributed by atoms with E-state index in [4.69, 9.17) is 0 Å². The van der Waals surface area contributed by atoms with Crippen molar-refractivity contribution < 1.29 is 9.59 Å². The van der Waals surface area contributed by atoms with Gasteiger partial charge in [-0.05, 0) is 49.5 Å². The van der Waals surface area contributed by atoms with Crippen LogP contribution in [-0.2, 0) is 4.79 Å². The SMILES string of the molecule is C[C@@H](NC(=O)c1nc2cc3[nH][nH]c(C4=CCC(=C=O)CC4)c3cc2n1)c1ccccc1. The Morgan fingerprint density at radius 3 is 2.58 bits per heavy atom. The van der Waals surface area contributed by atoms with E-state index in [-0.39, 0.29) is 17.8 Å². The van der Waals surface area contributed by atoms with Crippen molar-refractivity contribution in [2.75, 3.05) is 0 Å². The van der Waals surface area contributed by atoms with Crippen molar-refractivity contribution in [2.24, 2.45) is 0 Å². The van der Waals surface area contributed by atoms with E-state index in [1.54, 1.807) is 0 Å². The summed E-state index contributed by atoms with van der Waals surface area (Å²) in [4.78, 5) is 32.5. The van der Waals surface area contributed by atoms with E-state index in [1.807, 2.05) is 55.3 Å². The molecule has 2 aromatic carbocycles. The fourth-order valence-corrected chi connectivity index (χ4v) is 4.01. The summed E-state index contributed by atoms with van der Waals surface area (Å²) in [6.07, 6.45) is 4.19. The first-order valence-corrected chi connectivity index (χ1v) is 10.3. The molecule has 2 aromatic heterocycles. The third kappa shape index (κ3) is 3.56. The Hall–Kier alpha value is -3.96. The predicted octanol–water partition coefficient (Wildman–Crippen LogP) is 4.26. The van der Waals surface area contributed by atoms with Crippen LogP contribution in [0.1, 0.15) is 54.1 Å². The van der Waals surface area contributed by atoms with E-state index in [2.05, 4.69) is 31.6 Å². The highest BCUT2D eigenvalue weighted by Crippen LogP contribution is 2.33. The number of nitrogens with one attached hydrogen (secondary N) is 3. The smallest absolute Gasteiger partial charge is 0.289 e. The van der Waals surface area contributed by atoms with Crippen LogP contribution in [0.4, 0.5) is 0 Å². The first-order valence-electron chi connectivity index (χ1n) is 10.3. The number of hydrogen-bond acceptors (Lipinski definition) is 4. The molecule has 0 unspecified atom stereocenters. The standard InChI is InChI=1S/C24H21N5O2/c1-14(16-5-3-2-4-6-16)25-24(31)23-26-20-11-18-19(12-21(20)27-23)28-29-22(18)17-9-7-15(13-30)8-10-17/h2-6,9,11-12,14,28-29H,7-8,10H2,1H3,(H,25,31)/t14-/m1/s1. The van der Waals surface area contributed by atoms with Gasteiger partial charge in [-0.3, -0.25) is 9.89 Å². The second-order valence-electron chi connectivity index (χ2n) is 7.80. The van der Waals surface area contributed by atoms with Crippen molar-refractivity contribution >= 4 is 39.4 Å². The molecule has 3 N–H and O–H groups in total. The lowest BCUT2D eigenvalue weighted by atomic mass is 9.92. The number of allylic oxidation sites excluding steroid dienone is 3. The average molecular weight is 411 g/mol. The van der Waals surface area contributed by atoms with Gasteiger partial charge in [0.2, 0.25) is 5.82 Å². The average Bonchev–Trinajstić information content (AvgIpc) is 3.41. The molecule has 0 radical (unpaired) electrons. The summed E-state index contributed by atoms with van der Waals surface area (Å²) in [7, 11) is 0. The van der Waals surface area contributed by atoms with Crippen molar-refractivity contribution in [1.29, 1.82) is 0 Å². The third-order valence-corrected chi connectivity index (χ3v) is 5.77. The summed E-state index contributed by atoms with van der Waals surface area (Å²) in [5, 5.41) is 10.4. The maximum absolute atomic E-state index is 12.7. The Kier molecular flexibility index (Phi) is 4.73. The van der Waals surface area contributed by atoms with Gasteiger partial charge in [-0.25, -0.2) is 14.8 Å². The summed E-state index contributed by atoms with van der Waals surface area (Å²) < 4.78 is 0. The summed E-state index contributed by atoms with van der Waals surface area (Å²) in [5.74, 6) is 1.88. The highest BCUT2D eigenvalue weighted by Gasteiger charge is 2.19. The highest BCUT2D eigenvalue weighted by molar-refractivity contribution is 6.01. The first kappa shape index (κ1) is 19.0. The Balaban J connectivity index is 1.44. The van der Waals surface area contributed by atoms with Crippen molar-refractivity contribution in [3.05, 3.63) is 71.2 Å². The third-order valence-electron chi connectivity index (χ3n) is 5.77. The molecule has 31 heavy (non-hydrogen) atoms. The van der Waals surface area contributed by atoms with Gasteiger partial charge >= 0.3 is 0 Å². The Morgan fingerprint density at radius 1 is 1.10 bits per heavy atom. The van der Waals surface area contributed by atoms with Crippen molar-refractivity contribution in [2.45, 2.75) is 32.2 Å². The maximum atomic E-state index is 12.7. The molecule has 7 nitrogen and oxygen atoms in total. The number of fused-ring (bicyclic) bond motifs is 2. The summed E-state index contributed by atoms with van der Waals surface area (Å²) in [6.45, 7) is 1.93. The number of carbonyl (C=O) groups is 1. The van der Waals surface area contributed by atoms with Gasteiger partial charge in [0.25, 0.3) is 5.91 Å². The molecule has 5 rings (SSSR count). The zero-order chi connectivity index (χ0) is 21.4. The van der Waals surface area contributed by atoms with E-state index in [0.29, 0.717) is 17.5 Å². The number of H-pyrrole nitrogens is 2. The zero-order valence-corrected chi connectivity index (χ0v) is 17.0. The van der Waals surface area contributed by atoms with Crippen LogP contribution in [-0.4, -0.2) is 32.0 Å². The normalized spacial score (nSPS) is 15.0. The largest absolute Gasteiger partial charge is 0.343 e. The lowest BCUT2D eigenvalue weighted by molar-refractivity contribution is 0.0930.